The van der Waals surface area contributed by atoms with Crippen molar-refractivity contribution >= 4 is 34.7 Å². The fourth-order valence-corrected chi connectivity index (χ4v) is 3.41. The SMILES string of the molecule is O=C1CN(c2ccc(NC(=O)Cc3coc(-c4cccs4)n3)cn2)CCN1. The number of hydrogen-bond acceptors (Lipinski definition) is 7. The summed E-state index contributed by atoms with van der Waals surface area (Å²) in [7, 11) is 0. The minimum absolute atomic E-state index is 0.0186. The van der Waals surface area contributed by atoms with Gasteiger partial charge in [0, 0.05) is 13.1 Å². The molecule has 0 aliphatic carbocycles. The van der Waals surface area contributed by atoms with Crippen LogP contribution >= 0.6 is 11.3 Å². The lowest BCUT2D eigenvalue weighted by Crippen LogP contribution is -2.48. The van der Waals surface area contributed by atoms with Gasteiger partial charge in [-0.05, 0) is 23.6 Å². The number of pyridine rings is 1. The number of thiophene rings is 1. The van der Waals surface area contributed by atoms with Crippen molar-refractivity contribution in [2.75, 3.05) is 29.9 Å². The van der Waals surface area contributed by atoms with Gasteiger partial charge in [-0.15, -0.1) is 11.3 Å². The van der Waals surface area contributed by atoms with Crippen molar-refractivity contribution in [3.05, 3.63) is 47.8 Å². The largest absolute Gasteiger partial charge is 0.444 e. The summed E-state index contributed by atoms with van der Waals surface area (Å²) in [6.45, 7) is 1.60. The Hall–Kier alpha value is -3.20. The van der Waals surface area contributed by atoms with Gasteiger partial charge in [0.1, 0.15) is 12.1 Å². The number of amides is 2. The van der Waals surface area contributed by atoms with Crippen LogP contribution in [0.2, 0.25) is 0 Å². The Bertz CT molecular complexity index is 936. The van der Waals surface area contributed by atoms with E-state index in [1.807, 2.05) is 22.4 Å². The predicted octanol–water partition coefficient (Wildman–Crippen LogP) is 1.92. The van der Waals surface area contributed by atoms with Crippen molar-refractivity contribution in [1.82, 2.24) is 15.3 Å². The standard InChI is InChI=1S/C18H17N5O3S/c24-16(8-13-11-26-18(22-13)14-2-1-7-27-14)21-12-3-4-15(20-9-12)23-6-5-19-17(25)10-23/h1-4,7,9,11H,5-6,8,10H2,(H,19,25)(H,21,24). The zero-order valence-corrected chi connectivity index (χ0v) is 15.2. The zero-order chi connectivity index (χ0) is 18.6. The number of hydrogen-bond donors (Lipinski definition) is 2. The molecule has 3 aromatic rings. The molecular formula is C18H17N5O3S. The number of anilines is 2. The molecule has 9 heteroatoms. The molecule has 0 unspecified atom stereocenters. The molecule has 4 rings (SSSR count). The monoisotopic (exact) mass is 383 g/mol. The van der Waals surface area contributed by atoms with E-state index in [0.717, 1.165) is 4.88 Å². The highest BCUT2D eigenvalue weighted by Crippen LogP contribution is 2.24. The molecule has 1 aliphatic rings. The summed E-state index contributed by atoms with van der Waals surface area (Å²) in [5.74, 6) is 1.01. The molecule has 1 aliphatic heterocycles. The minimum Gasteiger partial charge on any atom is -0.444 e. The van der Waals surface area contributed by atoms with Crippen molar-refractivity contribution in [3.63, 3.8) is 0 Å². The molecule has 1 saturated heterocycles. The fraction of sp³-hybridized carbons (Fsp3) is 0.222. The van der Waals surface area contributed by atoms with Crippen LogP contribution in [0.5, 0.6) is 0 Å². The van der Waals surface area contributed by atoms with Crippen molar-refractivity contribution in [3.8, 4) is 10.8 Å². The van der Waals surface area contributed by atoms with E-state index >= 15 is 0 Å². The molecule has 0 bridgehead atoms. The van der Waals surface area contributed by atoms with Gasteiger partial charge in [-0.2, -0.15) is 0 Å². The Morgan fingerprint density at radius 3 is 3.04 bits per heavy atom. The third kappa shape index (κ3) is 4.14. The molecule has 0 saturated carbocycles. The van der Waals surface area contributed by atoms with Gasteiger partial charge < -0.3 is 20.0 Å². The quantitative estimate of drug-likeness (QED) is 0.698. The topological polar surface area (TPSA) is 100 Å². The minimum atomic E-state index is -0.201. The number of carbonyl (C=O) groups excluding carboxylic acids is 2. The number of rotatable bonds is 5. The Morgan fingerprint density at radius 2 is 2.30 bits per heavy atom. The maximum absolute atomic E-state index is 12.2. The van der Waals surface area contributed by atoms with Gasteiger partial charge in [-0.1, -0.05) is 6.07 Å². The summed E-state index contributed by atoms with van der Waals surface area (Å²) in [5, 5.41) is 7.51. The van der Waals surface area contributed by atoms with Crippen LogP contribution in [-0.4, -0.2) is 41.4 Å². The summed E-state index contributed by atoms with van der Waals surface area (Å²) in [5.41, 5.74) is 1.16. The Kier molecular flexibility index (Phi) is 4.84. The third-order valence-corrected chi connectivity index (χ3v) is 4.88. The van der Waals surface area contributed by atoms with Crippen molar-refractivity contribution in [1.29, 1.82) is 0 Å². The van der Waals surface area contributed by atoms with E-state index in [1.54, 1.807) is 18.3 Å². The first-order chi connectivity index (χ1) is 13.2. The summed E-state index contributed by atoms with van der Waals surface area (Å²) in [6.07, 6.45) is 3.19. The van der Waals surface area contributed by atoms with E-state index in [2.05, 4.69) is 20.6 Å². The van der Waals surface area contributed by atoms with E-state index in [9.17, 15) is 9.59 Å². The third-order valence-electron chi connectivity index (χ3n) is 4.02. The lowest BCUT2D eigenvalue weighted by atomic mass is 10.3. The number of carbonyl (C=O) groups is 2. The van der Waals surface area contributed by atoms with Crippen molar-refractivity contribution in [2.45, 2.75) is 6.42 Å². The maximum Gasteiger partial charge on any atom is 0.239 e. The lowest BCUT2D eigenvalue weighted by Gasteiger charge is -2.27. The lowest BCUT2D eigenvalue weighted by molar-refractivity contribution is -0.120. The molecular weight excluding hydrogens is 366 g/mol. The second kappa shape index (κ2) is 7.58. The van der Waals surface area contributed by atoms with Crippen LogP contribution in [0.15, 0.2) is 46.5 Å². The average molecular weight is 383 g/mol. The number of nitrogens with zero attached hydrogens (tertiary/aromatic N) is 3. The number of oxazole rings is 1. The Labute approximate surface area is 159 Å². The zero-order valence-electron chi connectivity index (χ0n) is 14.3. The molecule has 0 atom stereocenters. The Balaban J connectivity index is 1.35. The van der Waals surface area contributed by atoms with Crippen LogP contribution in [0.1, 0.15) is 5.69 Å². The molecule has 1 fully saturated rings. The number of piperazine rings is 1. The molecule has 2 amide bonds. The summed E-state index contributed by atoms with van der Waals surface area (Å²) in [6, 6.07) is 7.40. The Morgan fingerprint density at radius 1 is 1.37 bits per heavy atom. The summed E-state index contributed by atoms with van der Waals surface area (Å²) in [4.78, 5) is 35.2. The van der Waals surface area contributed by atoms with E-state index in [1.165, 1.54) is 17.6 Å². The highest BCUT2D eigenvalue weighted by atomic mass is 32.1. The smallest absolute Gasteiger partial charge is 0.239 e. The van der Waals surface area contributed by atoms with Crippen LogP contribution in [0.25, 0.3) is 10.8 Å². The number of aromatic nitrogens is 2. The van der Waals surface area contributed by atoms with E-state index in [4.69, 9.17) is 4.42 Å². The molecule has 0 radical (unpaired) electrons. The van der Waals surface area contributed by atoms with Crippen LogP contribution < -0.4 is 15.5 Å². The van der Waals surface area contributed by atoms with Gasteiger partial charge in [0.25, 0.3) is 0 Å². The molecule has 3 aromatic heterocycles. The predicted molar refractivity (Wildman–Crippen MR) is 102 cm³/mol. The summed E-state index contributed by atoms with van der Waals surface area (Å²) < 4.78 is 5.42. The molecule has 0 spiro atoms. The first-order valence-corrected chi connectivity index (χ1v) is 9.31. The average Bonchev–Trinajstić information content (AvgIpc) is 3.34. The van der Waals surface area contributed by atoms with Crippen LogP contribution in [0, 0.1) is 0 Å². The van der Waals surface area contributed by atoms with E-state index in [0.29, 0.717) is 36.2 Å². The summed E-state index contributed by atoms with van der Waals surface area (Å²) >= 11 is 1.53. The van der Waals surface area contributed by atoms with Gasteiger partial charge in [0.05, 0.1) is 35.4 Å². The van der Waals surface area contributed by atoms with Gasteiger partial charge in [0.2, 0.25) is 17.7 Å². The van der Waals surface area contributed by atoms with Gasteiger partial charge in [-0.3, -0.25) is 9.59 Å². The molecule has 4 heterocycles. The van der Waals surface area contributed by atoms with Gasteiger partial charge >= 0.3 is 0 Å². The number of nitrogens with one attached hydrogen (secondary N) is 2. The fourth-order valence-electron chi connectivity index (χ4n) is 2.75. The highest BCUT2D eigenvalue weighted by molar-refractivity contribution is 7.13. The van der Waals surface area contributed by atoms with Crippen molar-refractivity contribution in [2.24, 2.45) is 0 Å². The normalized spacial score (nSPS) is 14.1. The van der Waals surface area contributed by atoms with Crippen molar-refractivity contribution < 1.29 is 14.0 Å². The molecule has 2 N–H and O–H groups in total. The van der Waals surface area contributed by atoms with Crippen LogP contribution in [-0.2, 0) is 16.0 Å². The van der Waals surface area contributed by atoms with Crippen LogP contribution in [0.3, 0.4) is 0 Å². The maximum atomic E-state index is 12.2. The molecule has 8 nitrogen and oxygen atoms in total. The highest BCUT2D eigenvalue weighted by Gasteiger charge is 2.17. The van der Waals surface area contributed by atoms with E-state index < -0.39 is 0 Å². The van der Waals surface area contributed by atoms with E-state index in [-0.39, 0.29) is 24.8 Å². The molecule has 138 valence electrons. The molecule has 27 heavy (non-hydrogen) atoms. The second-order valence-electron chi connectivity index (χ2n) is 6.02. The van der Waals surface area contributed by atoms with Gasteiger partial charge in [-0.25, -0.2) is 9.97 Å². The van der Waals surface area contributed by atoms with Crippen LogP contribution in [0.4, 0.5) is 11.5 Å². The molecule has 0 aromatic carbocycles. The first kappa shape index (κ1) is 17.2. The second-order valence-corrected chi connectivity index (χ2v) is 6.97. The van der Waals surface area contributed by atoms with Gasteiger partial charge in [0.15, 0.2) is 0 Å². The first-order valence-electron chi connectivity index (χ1n) is 8.43.